The molecule has 0 aromatic heterocycles. The van der Waals surface area contributed by atoms with Gasteiger partial charge >= 0.3 is 5.97 Å². The number of rotatable bonds is 5. The van der Waals surface area contributed by atoms with Crippen LogP contribution in [0, 0.1) is 0 Å². The van der Waals surface area contributed by atoms with E-state index in [0.717, 1.165) is 12.0 Å². The molecule has 0 bridgehead atoms. The summed E-state index contributed by atoms with van der Waals surface area (Å²) in [5, 5.41) is 0.0570. The SMILES string of the molecule is CC(=O)COC(=O)c1cc(S(=O)(=O)N2CCCc3ccccc32)ccc1Cl. The average Bonchev–Trinajstić information content (AvgIpc) is 2.65. The Bertz CT molecular complexity index is 1000. The van der Waals surface area contributed by atoms with Crippen molar-refractivity contribution in [2.75, 3.05) is 17.5 Å². The second-order valence-corrected chi connectivity index (χ2v) is 8.50. The molecule has 0 saturated heterocycles. The summed E-state index contributed by atoms with van der Waals surface area (Å²) in [4.78, 5) is 23.1. The van der Waals surface area contributed by atoms with E-state index in [4.69, 9.17) is 16.3 Å². The fourth-order valence-electron chi connectivity index (χ4n) is 2.94. The second-order valence-electron chi connectivity index (χ2n) is 6.23. The Labute approximate surface area is 162 Å². The van der Waals surface area contributed by atoms with Crippen LogP contribution in [-0.2, 0) is 26.0 Å². The van der Waals surface area contributed by atoms with Gasteiger partial charge in [-0.25, -0.2) is 13.2 Å². The molecule has 0 radical (unpaired) electrons. The number of Topliss-reactive ketones (excluding diaryl/α,β-unsaturated/α-hetero) is 1. The number of halogens is 1. The maximum absolute atomic E-state index is 13.2. The van der Waals surface area contributed by atoms with Gasteiger partial charge in [-0.1, -0.05) is 29.8 Å². The lowest BCUT2D eigenvalue weighted by Crippen LogP contribution is -2.35. The molecule has 2 aromatic carbocycles. The molecule has 0 amide bonds. The van der Waals surface area contributed by atoms with Crippen molar-refractivity contribution in [2.45, 2.75) is 24.7 Å². The van der Waals surface area contributed by atoms with E-state index in [1.807, 2.05) is 12.1 Å². The van der Waals surface area contributed by atoms with Gasteiger partial charge in [0.1, 0.15) is 6.61 Å². The number of sulfonamides is 1. The normalized spacial score (nSPS) is 13.8. The molecule has 0 unspecified atom stereocenters. The number of nitrogens with zero attached hydrogens (tertiary/aromatic N) is 1. The third kappa shape index (κ3) is 3.99. The first-order valence-electron chi connectivity index (χ1n) is 8.37. The van der Waals surface area contributed by atoms with Gasteiger partial charge in [-0.2, -0.15) is 0 Å². The van der Waals surface area contributed by atoms with Crippen LogP contribution in [0.25, 0.3) is 0 Å². The van der Waals surface area contributed by atoms with Crippen LogP contribution < -0.4 is 4.31 Å². The minimum atomic E-state index is -3.88. The van der Waals surface area contributed by atoms with Crippen LogP contribution in [0.4, 0.5) is 5.69 Å². The first-order valence-corrected chi connectivity index (χ1v) is 10.2. The smallest absolute Gasteiger partial charge is 0.340 e. The Morgan fingerprint density at radius 1 is 1.19 bits per heavy atom. The minimum absolute atomic E-state index is 0.0570. The molecule has 1 heterocycles. The number of esters is 1. The molecule has 0 saturated carbocycles. The molecule has 8 heteroatoms. The molecule has 0 spiro atoms. The van der Waals surface area contributed by atoms with Gasteiger partial charge in [-0.05, 0) is 49.6 Å². The highest BCUT2D eigenvalue weighted by Gasteiger charge is 2.30. The number of ketones is 1. The van der Waals surface area contributed by atoms with Crippen molar-refractivity contribution in [1.29, 1.82) is 0 Å². The summed E-state index contributed by atoms with van der Waals surface area (Å²) in [6.45, 7) is 1.24. The summed E-state index contributed by atoms with van der Waals surface area (Å²) in [6.07, 6.45) is 1.52. The molecular weight excluding hydrogens is 390 g/mol. The van der Waals surface area contributed by atoms with E-state index in [1.165, 1.54) is 29.4 Å². The van der Waals surface area contributed by atoms with Crippen LogP contribution >= 0.6 is 11.6 Å². The summed E-state index contributed by atoms with van der Waals surface area (Å²) in [5.41, 5.74) is 1.51. The zero-order valence-electron chi connectivity index (χ0n) is 14.6. The molecule has 142 valence electrons. The van der Waals surface area contributed by atoms with E-state index in [1.54, 1.807) is 12.1 Å². The number of carbonyl (C=O) groups is 2. The van der Waals surface area contributed by atoms with Gasteiger partial charge in [0.25, 0.3) is 10.0 Å². The first-order chi connectivity index (χ1) is 12.8. The zero-order valence-corrected chi connectivity index (χ0v) is 16.2. The zero-order chi connectivity index (χ0) is 19.6. The maximum atomic E-state index is 13.2. The molecule has 1 aliphatic rings. The summed E-state index contributed by atoms with van der Waals surface area (Å²) < 4.78 is 32.6. The highest BCUT2D eigenvalue weighted by molar-refractivity contribution is 7.92. The Kier molecular flexibility index (Phi) is 5.53. The van der Waals surface area contributed by atoms with Gasteiger partial charge in [-0.15, -0.1) is 0 Å². The van der Waals surface area contributed by atoms with Gasteiger partial charge in [0.05, 0.1) is 21.2 Å². The Balaban J connectivity index is 1.98. The van der Waals surface area contributed by atoms with Gasteiger partial charge in [0, 0.05) is 6.54 Å². The number of hydrogen-bond acceptors (Lipinski definition) is 5. The van der Waals surface area contributed by atoms with Crippen LogP contribution in [-0.4, -0.2) is 33.3 Å². The molecule has 6 nitrogen and oxygen atoms in total. The number of hydrogen-bond donors (Lipinski definition) is 0. The molecule has 0 atom stereocenters. The molecule has 0 aliphatic carbocycles. The number of anilines is 1. The summed E-state index contributed by atoms with van der Waals surface area (Å²) in [5.74, 6) is -1.17. The largest absolute Gasteiger partial charge is 0.454 e. The van der Waals surface area contributed by atoms with Gasteiger partial charge in [-0.3, -0.25) is 9.10 Å². The number of carbonyl (C=O) groups excluding carboxylic acids is 2. The van der Waals surface area contributed by atoms with E-state index < -0.39 is 22.6 Å². The van der Waals surface area contributed by atoms with Crippen LogP contribution in [0.5, 0.6) is 0 Å². The lowest BCUT2D eigenvalue weighted by molar-refractivity contribution is -0.120. The highest BCUT2D eigenvalue weighted by atomic mass is 35.5. The summed E-state index contributed by atoms with van der Waals surface area (Å²) >= 11 is 6.03. The number of fused-ring (bicyclic) bond motifs is 1. The maximum Gasteiger partial charge on any atom is 0.340 e. The van der Waals surface area contributed by atoms with Crippen molar-refractivity contribution in [1.82, 2.24) is 0 Å². The van der Waals surface area contributed by atoms with Crippen molar-refractivity contribution in [3.8, 4) is 0 Å². The van der Waals surface area contributed by atoms with E-state index in [9.17, 15) is 18.0 Å². The number of para-hydroxylation sites is 1. The van der Waals surface area contributed by atoms with Crippen molar-refractivity contribution in [3.63, 3.8) is 0 Å². The number of ether oxygens (including phenoxy) is 1. The molecule has 3 rings (SSSR count). The number of aryl methyl sites for hydroxylation is 1. The Hall–Kier alpha value is -2.38. The van der Waals surface area contributed by atoms with E-state index in [0.29, 0.717) is 18.7 Å². The summed E-state index contributed by atoms with van der Waals surface area (Å²) in [7, 11) is -3.88. The molecule has 0 N–H and O–H groups in total. The van der Waals surface area contributed by atoms with Crippen molar-refractivity contribution in [2.24, 2.45) is 0 Å². The third-order valence-electron chi connectivity index (χ3n) is 4.22. The van der Waals surface area contributed by atoms with Gasteiger partial charge in [0.15, 0.2) is 5.78 Å². The third-order valence-corrected chi connectivity index (χ3v) is 6.36. The molecule has 27 heavy (non-hydrogen) atoms. The van der Waals surface area contributed by atoms with Gasteiger partial charge < -0.3 is 4.74 Å². The van der Waals surface area contributed by atoms with E-state index in [2.05, 4.69) is 0 Å². The van der Waals surface area contributed by atoms with E-state index >= 15 is 0 Å². The monoisotopic (exact) mass is 407 g/mol. The van der Waals surface area contributed by atoms with Crippen molar-refractivity contribution in [3.05, 3.63) is 58.6 Å². The Morgan fingerprint density at radius 2 is 1.93 bits per heavy atom. The molecular formula is C19H18ClNO5S. The fourth-order valence-corrected chi connectivity index (χ4v) is 4.70. The fraction of sp³-hybridized carbons (Fsp3) is 0.263. The van der Waals surface area contributed by atoms with Crippen molar-refractivity contribution >= 4 is 39.1 Å². The predicted molar refractivity (Wildman–Crippen MR) is 102 cm³/mol. The predicted octanol–water partition coefficient (Wildman–Crippen LogP) is 3.23. The van der Waals surface area contributed by atoms with Gasteiger partial charge in [0.2, 0.25) is 0 Å². The lowest BCUT2D eigenvalue weighted by Gasteiger charge is -2.30. The standard InChI is InChI=1S/C19H18ClNO5S/c1-13(22)12-26-19(23)16-11-15(8-9-17(16)20)27(24,25)21-10-4-6-14-5-2-3-7-18(14)21/h2-3,5,7-9,11H,4,6,10,12H2,1H3. The van der Waals surface area contributed by atoms with Crippen LogP contribution in [0.2, 0.25) is 5.02 Å². The van der Waals surface area contributed by atoms with Crippen LogP contribution in [0.1, 0.15) is 29.3 Å². The first kappa shape index (κ1) is 19.4. The Morgan fingerprint density at radius 3 is 2.67 bits per heavy atom. The molecule has 1 aliphatic heterocycles. The second kappa shape index (κ2) is 7.70. The quantitative estimate of drug-likeness (QED) is 0.711. The summed E-state index contributed by atoms with van der Waals surface area (Å²) in [6, 6.07) is 11.2. The minimum Gasteiger partial charge on any atom is -0.454 e. The van der Waals surface area contributed by atoms with Crippen LogP contribution in [0.15, 0.2) is 47.4 Å². The lowest BCUT2D eigenvalue weighted by atomic mass is 10.0. The van der Waals surface area contributed by atoms with Crippen molar-refractivity contribution < 1.29 is 22.7 Å². The van der Waals surface area contributed by atoms with E-state index in [-0.39, 0.29) is 21.3 Å². The number of benzene rings is 2. The molecule has 0 fully saturated rings. The average molecular weight is 408 g/mol. The highest BCUT2D eigenvalue weighted by Crippen LogP contribution is 2.32. The van der Waals surface area contributed by atoms with Crippen LogP contribution in [0.3, 0.4) is 0 Å². The topological polar surface area (TPSA) is 80.8 Å². The molecule has 2 aromatic rings.